The summed E-state index contributed by atoms with van der Waals surface area (Å²) in [6.07, 6.45) is 0. The zero-order valence-electron chi connectivity index (χ0n) is 9.35. The summed E-state index contributed by atoms with van der Waals surface area (Å²) >= 11 is 0. The maximum atomic E-state index is 11.0. The summed E-state index contributed by atoms with van der Waals surface area (Å²) in [4.78, 5) is 10.5. The number of hydrogen-bond donors (Lipinski definition) is 2. The highest BCUT2D eigenvalue weighted by atomic mass is 16.6. The van der Waals surface area contributed by atoms with Crippen LogP contribution in [0.2, 0.25) is 0 Å². The Hall–Kier alpha value is -2.18. The van der Waals surface area contributed by atoms with Crippen molar-refractivity contribution in [3.05, 3.63) is 58.6 Å². The molecule has 2 aromatic rings. The van der Waals surface area contributed by atoms with Crippen LogP contribution < -0.4 is 5.46 Å². The van der Waals surface area contributed by atoms with Gasteiger partial charge >= 0.3 is 7.12 Å². The standard InChI is InChI=1S/C12H10BNO4/c15-13(16)11-7-3-1-5-9(11)10-6-2-4-8-12(10)14(17)18/h1-8,15-16H. The molecule has 2 rings (SSSR count). The van der Waals surface area contributed by atoms with Gasteiger partial charge in [-0.05, 0) is 17.1 Å². The van der Waals surface area contributed by atoms with E-state index in [1.54, 1.807) is 36.4 Å². The molecule has 2 N–H and O–H groups in total. The van der Waals surface area contributed by atoms with Crippen molar-refractivity contribution in [2.45, 2.75) is 0 Å². The molecule has 0 unspecified atom stereocenters. The molecule has 0 saturated carbocycles. The monoisotopic (exact) mass is 243 g/mol. The molecule has 0 aliphatic heterocycles. The molecule has 0 radical (unpaired) electrons. The summed E-state index contributed by atoms with van der Waals surface area (Å²) in [5, 5.41) is 29.5. The molecule has 0 saturated heterocycles. The molecule has 90 valence electrons. The third kappa shape index (κ3) is 2.25. The van der Waals surface area contributed by atoms with Crippen molar-refractivity contribution in [1.29, 1.82) is 0 Å². The average Bonchev–Trinajstić information content (AvgIpc) is 2.38. The number of nitro groups is 1. The molecule has 5 nitrogen and oxygen atoms in total. The average molecular weight is 243 g/mol. The Labute approximate surface area is 104 Å². The molecular formula is C12H10BNO4. The Kier molecular flexibility index (Phi) is 3.41. The zero-order valence-corrected chi connectivity index (χ0v) is 9.35. The normalized spacial score (nSPS) is 10.1. The van der Waals surface area contributed by atoms with Gasteiger partial charge in [-0.3, -0.25) is 10.1 Å². The Morgan fingerprint density at radius 3 is 2.11 bits per heavy atom. The second kappa shape index (κ2) is 4.99. The van der Waals surface area contributed by atoms with Crippen molar-refractivity contribution < 1.29 is 15.0 Å². The van der Waals surface area contributed by atoms with Crippen molar-refractivity contribution in [1.82, 2.24) is 0 Å². The number of nitrogens with zero attached hydrogens (tertiary/aromatic N) is 1. The van der Waals surface area contributed by atoms with Crippen LogP contribution in [0.15, 0.2) is 48.5 Å². The van der Waals surface area contributed by atoms with Crippen LogP contribution in [0.3, 0.4) is 0 Å². The van der Waals surface area contributed by atoms with E-state index in [4.69, 9.17) is 0 Å². The third-order valence-electron chi connectivity index (χ3n) is 2.63. The van der Waals surface area contributed by atoms with Crippen LogP contribution in [-0.2, 0) is 0 Å². The maximum Gasteiger partial charge on any atom is 0.489 e. The molecular weight excluding hydrogens is 233 g/mol. The van der Waals surface area contributed by atoms with Gasteiger partial charge in [-0.2, -0.15) is 0 Å². The smallest absolute Gasteiger partial charge is 0.423 e. The lowest BCUT2D eigenvalue weighted by Crippen LogP contribution is -2.31. The summed E-state index contributed by atoms with van der Waals surface area (Å²) in [5.41, 5.74) is 0.989. The van der Waals surface area contributed by atoms with E-state index in [0.29, 0.717) is 11.1 Å². The minimum Gasteiger partial charge on any atom is -0.423 e. The van der Waals surface area contributed by atoms with Gasteiger partial charge in [-0.1, -0.05) is 36.4 Å². The maximum absolute atomic E-state index is 11.0. The number of para-hydroxylation sites is 1. The van der Waals surface area contributed by atoms with Crippen LogP contribution in [0, 0.1) is 10.1 Å². The summed E-state index contributed by atoms with van der Waals surface area (Å²) in [7, 11) is -1.67. The molecule has 0 bridgehead atoms. The second-order valence-electron chi connectivity index (χ2n) is 3.74. The number of hydrogen-bond acceptors (Lipinski definition) is 4. The Morgan fingerprint density at radius 1 is 0.944 bits per heavy atom. The van der Waals surface area contributed by atoms with Crippen molar-refractivity contribution in [2.75, 3.05) is 0 Å². The van der Waals surface area contributed by atoms with Gasteiger partial charge in [0.2, 0.25) is 0 Å². The first-order chi connectivity index (χ1) is 8.61. The third-order valence-corrected chi connectivity index (χ3v) is 2.63. The number of rotatable bonds is 3. The van der Waals surface area contributed by atoms with E-state index >= 15 is 0 Å². The van der Waals surface area contributed by atoms with E-state index in [0.717, 1.165) is 0 Å². The van der Waals surface area contributed by atoms with E-state index in [2.05, 4.69) is 0 Å². The van der Waals surface area contributed by atoms with Gasteiger partial charge in [0, 0.05) is 6.07 Å². The number of nitro benzene ring substituents is 1. The quantitative estimate of drug-likeness (QED) is 0.477. The molecule has 0 aliphatic carbocycles. The van der Waals surface area contributed by atoms with Crippen molar-refractivity contribution >= 4 is 18.3 Å². The van der Waals surface area contributed by atoms with E-state index in [1.165, 1.54) is 12.1 Å². The fraction of sp³-hybridized carbons (Fsp3) is 0. The van der Waals surface area contributed by atoms with Gasteiger partial charge in [-0.25, -0.2) is 0 Å². The van der Waals surface area contributed by atoms with E-state index < -0.39 is 12.0 Å². The predicted molar refractivity (Wildman–Crippen MR) is 68.4 cm³/mol. The second-order valence-corrected chi connectivity index (χ2v) is 3.74. The zero-order chi connectivity index (χ0) is 13.1. The Morgan fingerprint density at radius 2 is 1.50 bits per heavy atom. The van der Waals surface area contributed by atoms with Crippen molar-refractivity contribution in [2.24, 2.45) is 0 Å². The fourth-order valence-electron chi connectivity index (χ4n) is 1.83. The fourth-order valence-corrected chi connectivity index (χ4v) is 1.83. The number of benzene rings is 2. The molecule has 0 spiro atoms. The van der Waals surface area contributed by atoms with Crippen LogP contribution in [0.25, 0.3) is 11.1 Å². The van der Waals surface area contributed by atoms with Gasteiger partial charge in [-0.15, -0.1) is 0 Å². The molecule has 0 fully saturated rings. The van der Waals surface area contributed by atoms with Gasteiger partial charge in [0.1, 0.15) is 0 Å². The van der Waals surface area contributed by atoms with Crippen LogP contribution in [0.5, 0.6) is 0 Å². The molecule has 0 aromatic heterocycles. The lowest BCUT2D eigenvalue weighted by Gasteiger charge is -2.08. The highest BCUT2D eigenvalue weighted by Gasteiger charge is 2.21. The summed E-state index contributed by atoms with van der Waals surface area (Å²) in [6, 6.07) is 12.7. The first-order valence-electron chi connectivity index (χ1n) is 5.30. The van der Waals surface area contributed by atoms with E-state index in [-0.39, 0.29) is 11.2 Å². The molecule has 0 heterocycles. The topological polar surface area (TPSA) is 83.6 Å². The highest BCUT2D eigenvalue weighted by Crippen LogP contribution is 2.28. The van der Waals surface area contributed by atoms with E-state index in [1.807, 2.05) is 0 Å². The lowest BCUT2D eigenvalue weighted by molar-refractivity contribution is -0.384. The van der Waals surface area contributed by atoms with Crippen LogP contribution >= 0.6 is 0 Å². The first kappa shape index (κ1) is 12.3. The summed E-state index contributed by atoms with van der Waals surface area (Å²) in [6.45, 7) is 0. The molecule has 6 heteroatoms. The lowest BCUT2D eigenvalue weighted by atomic mass is 9.75. The van der Waals surface area contributed by atoms with Crippen molar-refractivity contribution in [3.8, 4) is 11.1 Å². The molecule has 18 heavy (non-hydrogen) atoms. The molecule has 0 aliphatic rings. The van der Waals surface area contributed by atoms with Crippen LogP contribution in [-0.4, -0.2) is 22.1 Å². The SMILES string of the molecule is O=[N+]([O-])c1ccccc1-c1ccccc1B(O)O. The van der Waals surface area contributed by atoms with Crippen molar-refractivity contribution in [3.63, 3.8) is 0 Å². The molecule has 2 aromatic carbocycles. The minimum absolute atomic E-state index is 0.0643. The van der Waals surface area contributed by atoms with Crippen LogP contribution in [0.1, 0.15) is 0 Å². The minimum atomic E-state index is -1.67. The summed E-state index contributed by atoms with van der Waals surface area (Å²) in [5.74, 6) is 0. The predicted octanol–water partition coefficient (Wildman–Crippen LogP) is 0.942. The van der Waals surface area contributed by atoms with Gasteiger partial charge < -0.3 is 10.0 Å². The summed E-state index contributed by atoms with van der Waals surface area (Å²) < 4.78 is 0. The molecule has 0 atom stereocenters. The Bertz CT molecular complexity index is 586. The highest BCUT2D eigenvalue weighted by molar-refractivity contribution is 6.60. The van der Waals surface area contributed by atoms with Gasteiger partial charge in [0.15, 0.2) is 0 Å². The van der Waals surface area contributed by atoms with Gasteiger partial charge in [0.25, 0.3) is 5.69 Å². The Balaban J connectivity index is 2.66. The first-order valence-corrected chi connectivity index (χ1v) is 5.30. The van der Waals surface area contributed by atoms with Crippen LogP contribution in [0.4, 0.5) is 5.69 Å². The molecule has 0 amide bonds. The largest absolute Gasteiger partial charge is 0.489 e. The van der Waals surface area contributed by atoms with E-state index in [9.17, 15) is 20.2 Å². The van der Waals surface area contributed by atoms with Gasteiger partial charge in [0.05, 0.1) is 10.5 Å².